The fraction of sp³-hybridized carbons (Fsp3) is 0.373. The van der Waals surface area contributed by atoms with Crippen LogP contribution in [0.5, 0.6) is 17.2 Å². The zero-order chi connectivity index (χ0) is 74.4. The van der Waals surface area contributed by atoms with E-state index in [2.05, 4.69) is 49.2 Å². The third-order valence-corrected chi connectivity index (χ3v) is 20.5. The number of hydrogen-bond donors (Lipinski definition) is 3. The Bertz CT molecular complexity index is 4430. The van der Waals surface area contributed by atoms with Gasteiger partial charge in [0, 0.05) is 57.5 Å². The molecule has 8 aromatic rings. The predicted molar refractivity (Wildman–Crippen MR) is 384 cm³/mol. The Morgan fingerprint density at radius 3 is 1.20 bits per heavy atom. The second kappa shape index (κ2) is 31.3. The van der Waals surface area contributed by atoms with Gasteiger partial charge in [-0.1, -0.05) is 71.2 Å². The summed E-state index contributed by atoms with van der Waals surface area (Å²) in [6.45, 7) is 8.43. The lowest BCUT2D eigenvalue weighted by Gasteiger charge is -2.41. The van der Waals surface area contributed by atoms with Crippen molar-refractivity contribution >= 4 is 81.4 Å². The number of fused-ring (bicyclic) bond motifs is 3. The van der Waals surface area contributed by atoms with Crippen LogP contribution in [0.1, 0.15) is 76.0 Å². The highest BCUT2D eigenvalue weighted by molar-refractivity contribution is 6.34. The number of anilines is 4. The Labute approximate surface area is 618 Å². The number of aromatic nitrogens is 6. The lowest BCUT2D eigenvalue weighted by Crippen LogP contribution is -2.54. The molecule has 4 amide bonds. The van der Waals surface area contributed by atoms with Crippen LogP contribution in [0.25, 0.3) is 11.4 Å². The number of halogens is 6. The molecule has 0 radical (unpaired) electrons. The number of hydrogen-bond acceptors (Lipinski definition) is 18. The van der Waals surface area contributed by atoms with E-state index in [0.717, 1.165) is 16.7 Å². The maximum Gasteiger partial charge on any atom is 0.415 e. The number of nitrogen functional groups attached to an aromatic ring is 1. The number of amides is 4. The van der Waals surface area contributed by atoms with E-state index < -0.39 is 46.3 Å². The van der Waals surface area contributed by atoms with Crippen LogP contribution in [0.3, 0.4) is 0 Å². The minimum atomic E-state index is -0.979. The van der Waals surface area contributed by atoms with Crippen LogP contribution in [0.4, 0.5) is 40.7 Å². The molecule has 105 heavy (non-hydrogen) atoms. The van der Waals surface area contributed by atoms with Crippen molar-refractivity contribution in [2.45, 2.75) is 102 Å². The quantitative estimate of drug-likeness (QED) is 0.101. The van der Waals surface area contributed by atoms with Gasteiger partial charge in [0.1, 0.15) is 65.6 Å². The number of nitrogens with zero attached hydrogens (tertiary/aromatic N) is 13. The Kier molecular flexibility index (Phi) is 22.0. The lowest BCUT2D eigenvalue weighted by atomic mass is 9.75. The van der Waals surface area contributed by atoms with Gasteiger partial charge in [-0.25, -0.2) is 18.0 Å². The van der Waals surface area contributed by atoms with Gasteiger partial charge in [-0.3, -0.25) is 28.4 Å². The molecule has 4 N–H and O–H groups in total. The fourth-order valence-electron chi connectivity index (χ4n) is 13.6. The number of carbonyl (C=O) groups excluding carboxylic acids is 4. The van der Waals surface area contributed by atoms with Crippen LogP contribution in [-0.2, 0) is 38.4 Å². The van der Waals surface area contributed by atoms with Crippen LogP contribution in [0, 0.1) is 67.7 Å². The molecular formula is C75H74Cl3F3N16O8. The molecule has 3 unspecified atom stereocenters. The molecule has 24 nitrogen and oxygen atoms in total. The first-order chi connectivity index (χ1) is 50.3. The number of benzene rings is 6. The van der Waals surface area contributed by atoms with Gasteiger partial charge in [0.2, 0.25) is 0 Å². The van der Waals surface area contributed by atoms with Crippen molar-refractivity contribution in [1.29, 1.82) is 15.8 Å². The van der Waals surface area contributed by atoms with Gasteiger partial charge in [0.05, 0.1) is 103 Å². The zero-order valence-electron chi connectivity index (χ0n) is 57.6. The summed E-state index contributed by atoms with van der Waals surface area (Å²) >= 11 is 19.0. The van der Waals surface area contributed by atoms with Gasteiger partial charge in [-0.05, 0) is 150 Å². The number of nitrogens with one attached hydrogen (secondary N) is 2. The van der Waals surface area contributed by atoms with Gasteiger partial charge in [0.15, 0.2) is 18.3 Å². The summed E-state index contributed by atoms with van der Waals surface area (Å²) in [6.07, 6.45) is 7.85. The minimum Gasteiger partial charge on any atom is -0.476 e. The molecule has 0 aliphatic carbocycles. The largest absolute Gasteiger partial charge is 0.476 e. The number of rotatable bonds is 11. The van der Waals surface area contributed by atoms with E-state index in [1.54, 1.807) is 105 Å². The molecule has 6 aromatic carbocycles. The first-order valence-electron chi connectivity index (χ1n) is 34.1. The lowest BCUT2D eigenvalue weighted by molar-refractivity contribution is -0.141. The highest BCUT2D eigenvalue weighted by Gasteiger charge is 2.44. The second-order valence-corrected chi connectivity index (χ2v) is 29.1. The van der Waals surface area contributed by atoms with E-state index in [0.29, 0.717) is 160 Å². The van der Waals surface area contributed by atoms with Crippen LogP contribution in [0.15, 0.2) is 135 Å². The molecule has 6 aliphatic rings. The number of likely N-dealkylation sites (tertiary alicyclic amines) is 3. The Balaban J connectivity index is 0.000000148. The molecule has 0 bridgehead atoms. The van der Waals surface area contributed by atoms with Crippen molar-refractivity contribution < 1.29 is 51.3 Å². The van der Waals surface area contributed by atoms with Crippen LogP contribution in [0.2, 0.25) is 15.1 Å². The maximum absolute atomic E-state index is 13.5. The summed E-state index contributed by atoms with van der Waals surface area (Å²) in [5.41, 5.74) is 9.49. The first kappa shape index (κ1) is 73.9. The van der Waals surface area contributed by atoms with Crippen molar-refractivity contribution in [3.8, 4) is 46.8 Å². The molecule has 3 saturated heterocycles. The maximum atomic E-state index is 13.5. The molecule has 544 valence electrons. The Morgan fingerprint density at radius 1 is 0.514 bits per heavy atom. The monoisotopic (exact) mass is 1490 g/mol. The third-order valence-electron chi connectivity index (χ3n) is 19.6. The number of piperidine rings is 3. The number of nitrogens with two attached hydrogens (primary N) is 1. The Morgan fingerprint density at radius 2 is 0.857 bits per heavy atom. The average Bonchev–Trinajstić information content (AvgIpc) is 1.16. The summed E-state index contributed by atoms with van der Waals surface area (Å²) in [7, 11) is 0. The summed E-state index contributed by atoms with van der Waals surface area (Å²) < 4.78 is 66.8. The van der Waals surface area contributed by atoms with Crippen molar-refractivity contribution in [3.05, 3.63) is 184 Å². The number of carbonyl (C=O) groups is 4. The average molecular weight is 1490 g/mol. The van der Waals surface area contributed by atoms with Gasteiger partial charge >= 0.3 is 6.09 Å². The predicted octanol–water partition coefficient (Wildman–Crippen LogP) is 12.2. The number of nitriles is 3. The van der Waals surface area contributed by atoms with Gasteiger partial charge in [-0.2, -0.15) is 15.8 Å². The summed E-state index contributed by atoms with van der Waals surface area (Å²) in [6, 6.07) is 36.0. The smallest absolute Gasteiger partial charge is 0.415 e. The summed E-state index contributed by atoms with van der Waals surface area (Å²) in [5, 5.41) is 52.6. The third kappa shape index (κ3) is 17.2. The summed E-state index contributed by atoms with van der Waals surface area (Å²) in [4.78, 5) is 59.5. The van der Waals surface area contributed by atoms with E-state index in [9.17, 15) is 48.1 Å². The van der Waals surface area contributed by atoms with E-state index >= 15 is 0 Å². The SMILES string of the molecule is CC(C)(C)OC(=O)N1CC(C(=O)N2CCC(C#N)(Cc3ccc(F)cc3)CC2)Oc2cc(N)c(Cl)cc21.N#CC1(Cc2ccc(F)cc2)CCN(C(=O)C2CNc3cc(Cl)c(-n4cnnc4)cc3O2)CC1.N#CC1(Cc2ccc(F)cc2)CCN(C(=O)C2CNc3cc(Cl)c(-n4cnnc4)cc3O2)CC1. The molecule has 2 aromatic heterocycles. The topological polar surface area (TPSA) is 301 Å². The second-order valence-electron chi connectivity index (χ2n) is 27.9. The molecule has 3 atom stereocenters. The molecule has 3 fully saturated rings. The molecular weight excluding hydrogens is 1420 g/mol. The van der Waals surface area contributed by atoms with E-state index in [1.165, 1.54) is 78.7 Å². The highest BCUT2D eigenvalue weighted by Crippen LogP contribution is 2.44. The Hall–Kier alpha value is -10.8. The fourth-order valence-corrected chi connectivity index (χ4v) is 14.3. The van der Waals surface area contributed by atoms with Gasteiger partial charge < -0.3 is 50.0 Å². The first-order valence-corrected chi connectivity index (χ1v) is 35.2. The normalized spacial score (nSPS) is 18.9. The molecule has 0 saturated carbocycles. The van der Waals surface area contributed by atoms with Gasteiger partial charge in [-0.15, -0.1) is 20.4 Å². The van der Waals surface area contributed by atoms with Crippen LogP contribution >= 0.6 is 34.8 Å². The van der Waals surface area contributed by atoms with Crippen molar-refractivity contribution in [2.24, 2.45) is 16.2 Å². The molecule has 14 rings (SSSR count). The molecule has 6 aliphatic heterocycles. The van der Waals surface area contributed by atoms with Gasteiger partial charge in [0.25, 0.3) is 17.7 Å². The van der Waals surface area contributed by atoms with Crippen molar-refractivity contribution in [3.63, 3.8) is 0 Å². The van der Waals surface area contributed by atoms with E-state index in [1.807, 2.05) is 0 Å². The summed E-state index contributed by atoms with van der Waals surface area (Å²) in [5.74, 6) is -0.135. The highest BCUT2D eigenvalue weighted by atomic mass is 35.5. The number of ether oxygens (including phenoxy) is 4. The van der Waals surface area contributed by atoms with Crippen molar-refractivity contribution in [2.75, 3.05) is 80.2 Å². The van der Waals surface area contributed by atoms with E-state index in [4.69, 9.17) is 59.5 Å². The zero-order valence-corrected chi connectivity index (χ0v) is 59.9. The van der Waals surface area contributed by atoms with Crippen LogP contribution in [-0.4, -0.2) is 151 Å². The molecule has 30 heteroatoms. The van der Waals surface area contributed by atoms with Crippen LogP contribution < -0.4 is 35.5 Å². The van der Waals surface area contributed by atoms with E-state index in [-0.39, 0.29) is 58.2 Å². The molecule has 0 spiro atoms. The minimum absolute atomic E-state index is 0.0591. The standard InChI is InChI=1S/C27H30ClFN4O4.2C24H22ClFN6O2/c1-26(2,3)37-25(35)33-15-23(36-22-13-20(31)19(28)12-21(22)33)24(34)32-10-8-27(16-30,9-11-32)14-17-4-6-18(29)7-5-17;2*25-18-9-19-21(10-20(18)32-14-29-30-15-32)34-22(12-28-19)23(33)31-7-5-24(13-27,6-8-31)11-16-1-3-17(26)4-2-16/h4-7,12-13,23H,8-11,14-15,31H2,1-3H3;2*1-4,9-10,14-15,22,28H,5-8,11-12H2. The van der Waals surface area contributed by atoms with Crippen molar-refractivity contribution in [1.82, 2.24) is 44.2 Å². The molecule has 8 heterocycles.